The molecule has 0 aromatic heterocycles. The second kappa shape index (κ2) is 8.93. The van der Waals surface area contributed by atoms with Gasteiger partial charge in [-0.2, -0.15) is 0 Å². The molecule has 1 N–H and O–H groups in total. The van der Waals surface area contributed by atoms with E-state index >= 15 is 0 Å². The molecular formula is C16H33N3. The molecule has 2 heterocycles. The van der Waals surface area contributed by atoms with E-state index in [1.165, 1.54) is 90.6 Å². The predicted octanol–water partition coefficient (Wildman–Crippen LogP) is 2.33. The van der Waals surface area contributed by atoms with E-state index in [2.05, 4.69) is 15.1 Å². The van der Waals surface area contributed by atoms with Gasteiger partial charge in [0.15, 0.2) is 0 Å². The molecule has 1 unspecified atom stereocenters. The van der Waals surface area contributed by atoms with Crippen LogP contribution in [0.1, 0.15) is 51.4 Å². The first kappa shape index (κ1) is 15.3. The van der Waals surface area contributed by atoms with Crippen molar-refractivity contribution < 1.29 is 0 Å². The average Bonchev–Trinajstić information content (AvgIpc) is 2.92. The highest BCUT2D eigenvalue weighted by molar-refractivity contribution is 4.84. The Bertz CT molecular complexity index is 226. The number of nitrogens with one attached hydrogen (secondary N) is 1. The van der Waals surface area contributed by atoms with Crippen LogP contribution in [0.15, 0.2) is 0 Å². The van der Waals surface area contributed by atoms with Crippen molar-refractivity contribution in [3.05, 3.63) is 0 Å². The van der Waals surface area contributed by atoms with Crippen LogP contribution in [0.25, 0.3) is 0 Å². The van der Waals surface area contributed by atoms with Crippen molar-refractivity contribution in [2.75, 3.05) is 46.3 Å². The summed E-state index contributed by atoms with van der Waals surface area (Å²) in [6.45, 7) is 7.93. The normalized spacial score (nSPS) is 26.1. The first-order valence-corrected chi connectivity index (χ1v) is 8.51. The molecule has 2 fully saturated rings. The molecule has 19 heavy (non-hydrogen) atoms. The monoisotopic (exact) mass is 267 g/mol. The maximum atomic E-state index is 3.23. The Labute approximate surface area is 119 Å². The third kappa shape index (κ3) is 5.41. The van der Waals surface area contributed by atoms with Gasteiger partial charge in [-0.1, -0.05) is 19.3 Å². The van der Waals surface area contributed by atoms with Gasteiger partial charge < -0.3 is 10.2 Å². The highest BCUT2D eigenvalue weighted by Gasteiger charge is 2.27. The summed E-state index contributed by atoms with van der Waals surface area (Å²) in [5.41, 5.74) is 0. The van der Waals surface area contributed by atoms with Crippen LogP contribution in [0.3, 0.4) is 0 Å². The number of likely N-dealkylation sites (tertiary alicyclic amines) is 2. The van der Waals surface area contributed by atoms with Gasteiger partial charge in [0.2, 0.25) is 0 Å². The van der Waals surface area contributed by atoms with Gasteiger partial charge in [-0.3, -0.25) is 4.90 Å². The summed E-state index contributed by atoms with van der Waals surface area (Å²) in [6.07, 6.45) is 11.3. The summed E-state index contributed by atoms with van der Waals surface area (Å²) >= 11 is 0. The van der Waals surface area contributed by atoms with Crippen LogP contribution in [0.2, 0.25) is 0 Å². The lowest BCUT2D eigenvalue weighted by molar-refractivity contribution is 0.162. The molecule has 2 rings (SSSR count). The number of hydrogen-bond acceptors (Lipinski definition) is 3. The molecule has 0 amide bonds. The summed E-state index contributed by atoms with van der Waals surface area (Å²) in [5, 5.41) is 3.23. The van der Waals surface area contributed by atoms with Gasteiger partial charge in [0, 0.05) is 12.6 Å². The molecule has 2 saturated heterocycles. The minimum absolute atomic E-state index is 0.879. The predicted molar refractivity (Wildman–Crippen MR) is 82.7 cm³/mol. The van der Waals surface area contributed by atoms with Crippen molar-refractivity contribution in [1.82, 2.24) is 15.1 Å². The van der Waals surface area contributed by atoms with Gasteiger partial charge >= 0.3 is 0 Å². The maximum absolute atomic E-state index is 3.23. The molecule has 2 aliphatic rings. The lowest BCUT2D eigenvalue weighted by Gasteiger charge is -2.32. The van der Waals surface area contributed by atoms with Crippen molar-refractivity contribution in [3.63, 3.8) is 0 Å². The molecule has 3 heteroatoms. The van der Waals surface area contributed by atoms with Crippen molar-refractivity contribution in [2.45, 2.75) is 57.4 Å². The Hall–Kier alpha value is -0.120. The maximum Gasteiger partial charge on any atom is 0.0235 e. The minimum Gasteiger partial charge on any atom is -0.320 e. The SMILES string of the molecule is CNCCCCCCN1CCC(N2CCCCC2)C1. The number of hydrogen-bond donors (Lipinski definition) is 1. The van der Waals surface area contributed by atoms with Gasteiger partial charge in [0.25, 0.3) is 0 Å². The highest BCUT2D eigenvalue weighted by atomic mass is 15.3. The molecule has 0 bridgehead atoms. The summed E-state index contributed by atoms with van der Waals surface area (Å²) in [7, 11) is 2.05. The zero-order valence-corrected chi connectivity index (χ0v) is 12.9. The molecule has 1 atom stereocenters. The van der Waals surface area contributed by atoms with Crippen LogP contribution >= 0.6 is 0 Å². The van der Waals surface area contributed by atoms with Crippen LogP contribution < -0.4 is 5.32 Å². The van der Waals surface area contributed by atoms with E-state index in [4.69, 9.17) is 0 Å². The minimum atomic E-state index is 0.879. The van der Waals surface area contributed by atoms with E-state index in [1.54, 1.807) is 0 Å². The van der Waals surface area contributed by atoms with Crippen LogP contribution in [0.5, 0.6) is 0 Å². The molecule has 0 spiro atoms. The zero-order valence-electron chi connectivity index (χ0n) is 12.9. The van der Waals surface area contributed by atoms with Crippen LogP contribution in [-0.4, -0.2) is 62.2 Å². The Morgan fingerprint density at radius 3 is 2.53 bits per heavy atom. The zero-order chi connectivity index (χ0) is 13.3. The van der Waals surface area contributed by atoms with Gasteiger partial charge in [-0.05, 0) is 71.9 Å². The van der Waals surface area contributed by atoms with Gasteiger partial charge in [0.05, 0.1) is 0 Å². The number of unbranched alkanes of at least 4 members (excludes halogenated alkanes) is 3. The topological polar surface area (TPSA) is 18.5 Å². The molecule has 0 saturated carbocycles. The number of piperidine rings is 1. The molecule has 0 aromatic carbocycles. The van der Waals surface area contributed by atoms with E-state index < -0.39 is 0 Å². The Kier molecular flexibility index (Phi) is 7.18. The van der Waals surface area contributed by atoms with Crippen molar-refractivity contribution in [1.29, 1.82) is 0 Å². The molecule has 112 valence electrons. The fraction of sp³-hybridized carbons (Fsp3) is 1.00. The third-order valence-corrected chi connectivity index (χ3v) is 4.81. The van der Waals surface area contributed by atoms with Gasteiger partial charge in [-0.25, -0.2) is 0 Å². The number of nitrogens with zero attached hydrogens (tertiary/aromatic N) is 2. The first-order valence-electron chi connectivity index (χ1n) is 8.51. The first-order chi connectivity index (χ1) is 9.40. The van der Waals surface area contributed by atoms with Crippen LogP contribution in [0.4, 0.5) is 0 Å². The smallest absolute Gasteiger partial charge is 0.0235 e. The van der Waals surface area contributed by atoms with E-state index in [0.29, 0.717) is 0 Å². The second-order valence-corrected chi connectivity index (χ2v) is 6.36. The van der Waals surface area contributed by atoms with Crippen molar-refractivity contribution in [3.8, 4) is 0 Å². The van der Waals surface area contributed by atoms with E-state index in [1.807, 2.05) is 7.05 Å². The molecular weight excluding hydrogens is 234 g/mol. The molecule has 0 radical (unpaired) electrons. The highest BCUT2D eigenvalue weighted by Crippen LogP contribution is 2.20. The Morgan fingerprint density at radius 1 is 0.947 bits per heavy atom. The van der Waals surface area contributed by atoms with E-state index in [0.717, 1.165) is 6.04 Å². The number of rotatable bonds is 8. The van der Waals surface area contributed by atoms with Crippen LogP contribution in [-0.2, 0) is 0 Å². The van der Waals surface area contributed by atoms with Crippen molar-refractivity contribution in [2.24, 2.45) is 0 Å². The standard InChI is InChI=1S/C16H33N3/c1-17-10-5-2-3-6-11-18-14-9-16(15-18)19-12-7-4-8-13-19/h16-17H,2-15H2,1H3. The quantitative estimate of drug-likeness (QED) is 0.681. The molecule has 0 aromatic rings. The van der Waals surface area contributed by atoms with Crippen LogP contribution in [0, 0.1) is 0 Å². The largest absolute Gasteiger partial charge is 0.320 e. The second-order valence-electron chi connectivity index (χ2n) is 6.36. The van der Waals surface area contributed by atoms with E-state index in [9.17, 15) is 0 Å². The summed E-state index contributed by atoms with van der Waals surface area (Å²) < 4.78 is 0. The lowest BCUT2D eigenvalue weighted by atomic mass is 10.1. The third-order valence-electron chi connectivity index (χ3n) is 4.81. The fourth-order valence-electron chi connectivity index (χ4n) is 3.59. The lowest BCUT2D eigenvalue weighted by Crippen LogP contribution is -2.40. The average molecular weight is 267 g/mol. The molecule has 3 nitrogen and oxygen atoms in total. The van der Waals surface area contributed by atoms with Gasteiger partial charge in [0.1, 0.15) is 0 Å². The molecule has 0 aliphatic carbocycles. The summed E-state index contributed by atoms with van der Waals surface area (Å²) in [6, 6.07) is 0.879. The van der Waals surface area contributed by atoms with E-state index in [-0.39, 0.29) is 0 Å². The van der Waals surface area contributed by atoms with Gasteiger partial charge in [-0.15, -0.1) is 0 Å². The Morgan fingerprint density at radius 2 is 1.74 bits per heavy atom. The van der Waals surface area contributed by atoms with Crippen molar-refractivity contribution >= 4 is 0 Å². The Balaban J connectivity index is 1.52. The summed E-state index contributed by atoms with van der Waals surface area (Å²) in [4.78, 5) is 5.47. The molecule has 2 aliphatic heterocycles. The summed E-state index contributed by atoms with van der Waals surface area (Å²) in [5.74, 6) is 0. The fourth-order valence-corrected chi connectivity index (χ4v) is 3.59.